The van der Waals surface area contributed by atoms with Crippen molar-refractivity contribution in [3.05, 3.63) is 46.1 Å². The number of fused-ring (bicyclic) bond motifs is 2. The van der Waals surface area contributed by atoms with Crippen molar-refractivity contribution in [2.24, 2.45) is 0 Å². The minimum atomic E-state index is 0.402. The maximum atomic E-state index is 8.16. The number of halogens is 1. The predicted octanol–water partition coefficient (Wildman–Crippen LogP) is 2.43. The quantitative estimate of drug-likeness (QED) is 0.646. The van der Waals surface area contributed by atoms with Gasteiger partial charge < -0.3 is 0 Å². The summed E-state index contributed by atoms with van der Waals surface area (Å²) in [5, 5.41) is 8.90. The van der Waals surface area contributed by atoms with E-state index in [1.807, 2.05) is 31.3 Å². The fourth-order valence-corrected chi connectivity index (χ4v) is 2.13. The van der Waals surface area contributed by atoms with Gasteiger partial charge in [-0.2, -0.15) is 0 Å². The van der Waals surface area contributed by atoms with Crippen LogP contribution >= 0.6 is 15.9 Å². The Bertz CT molecular complexity index is 791. The van der Waals surface area contributed by atoms with E-state index in [0.29, 0.717) is 11.1 Å². The van der Waals surface area contributed by atoms with E-state index in [-0.39, 0.29) is 0 Å². The van der Waals surface area contributed by atoms with Crippen molar-refractivity contribution in [3.8, 4) is 0 Å². The molecule has 0 aliphatic rings. The number of rotatable bonds is 0. The highest BCUT2D eigenvalue weighted by Crippen LogP contribution is 2.13. The number of nitrogens with one attached hydrogen (secondary N) is 1. The van der Waals surface area contributed by atoms with Crippen LogP contribution in [0.4, 0.5) is 0 Å². The first-order chi connectivity index (χ1) is 8.15. The van der Waals surface area contributed by atoms with Gasteiger partial charge in [-0.3, -0.25) is 9.81 Å². The second kappa shape index (κ2) is 3.63. The molecule has 0 fully saturated rings. The summed E-state index contributed by atoms with van der Waals surface area (Å²) in [5.41, 5.74) is 2.87. The van der Waals surface area contributed by atoms with Crippen molar-refractivity contribution >= 4 is 32.6 Å². The van der Waals surface area contributed by atoms with Crippen LogP contribution in [0.1, 0.15) is 5.56 Å². The molecule has 4 nitrogen and oxygen atoms in total. The van der Waals surface area contributed by atoms with Crippen LogP contribution in [0.25, 0.3) is 16.7 Å². The van der Waals surface area contributed by atoms with Crippen LogP contribution in [-0.2, 0) is 0 Å². The van der Waals surface area contributed by atoms with Gasteiger partial charge in [0.15, 0.2) is 5.65 Å². The molecule has 17 heavy (non-hydrogen) atoms. The first-order valence-electron chi connectivity index (χ1n) is 5.14. The molecule has 0 saturated heterocycles. The highest BCUT2D eigenvalue weighted by molar-refractivity contribution is 9.10. The van der Waals surface area contributed by atoms with E-state index < -0.39 is 0 Å². The number of hydrogen-bond acceptors (Lipinski definition) is 3. The Balaban J connectivity index is 2.57. The molecule has 0 bridgehead atoms. The zero-order valence-corrected chi connectivity index (χ0v) is 10.7. The van der Waals surface area contributed by atoms with Crippen LogP contribution in [-0.4, -0.2) is 14.4 Å². The van der Waals surface area contributed by atoms with E-state index in [4.69, 9.17) is 5.41 Å². The zero-order chi connectivity index (χ0) is 12.0. The van der Waals surface area contributed by atoms with Gasteiger partial charge in [-0.05, 0) is 46.6 Å². The molecule has 1 N–H and O–H groups in total. The number of hydrogen-bond donors (Lipinski definition) is 1. The summed E-state index contributed by atoms with van der Waals surface area (Å²) in [7, 11) is 0. The smallest absolute Gasteiger partial charge is 0.165 e. The zero-order valence-electron chi connectivity index (χ0n) is 9.11. The van der Waals surface area contributed by atoms with E-state index >= 15 is 0 Å². The Morgan fingerprint density at radius 2 is 2.18 bits per heavy atom. The molecule has 0 radical (unpaired) electrons. The molecule has 0 aromatic carbocycles. The SMILES string of the molecule is Cc1ccn2c(=N)c3cc(Br)cnc3nc2c1. The predicted molar refractivity (Wildman–Crippen MR) is 68.8 cm³/mol. The Morgan fingerprint density at radius 1 is 1.35 bits per heavy atom. The Kier molecular flexibility index (Phi) is 2.22. The van der Waals surface area contributed by atoms with E-state index in [9.17, 15) is 0 Å². The molecule has 3 heterocycles. The van der Waals surface area contributed by atoms with Crippen molar-refractivity contribution in [3.63, 3.8) is 0 Å². The summed E-state index contributed by atoms with van der Waals surface area (Å²) in [5.74, 6) is 0. The van der Waals surface area contributed by atoms with Crippen LogP contribution in [0.3, 0.4) is 0 Å². The third kappa shape index (κ3) is 1.63. The van der Waals surface area contributed by atoms with Crippen LogP contribution in [0.5, 0.6) is 0 Å². The van der Waals surface area contributed by atoms with E-state index in [1.165, 1.54) is 0 Å². The van der Waals surface area contributed by atoms with E-state index in [2.05, 4.69) is 25.9 Å². The number of aromatic nitrogens is 3. The monoisotopic (exact) mass is 288 g/mol. The van der Waals surface area contributed by atoms with Gasteiger partial charge in [-0.15, -0.1) is 0 Å². The summed E-state index contributed by atoms with van der Waals surface area (Å²) in [6.07, 6.45) is 3.56. The average Bonchev–Trinajstić information content (AvgIpc) is 2.30. The molecule has 5 heteroatoms. The van der Waals surface area contributed by atoms with Crippen LogP contribution in [0.2, 0.25) is 0 Å². The lowest BCUT2D eigenvalue weighted by atomic mass is 10.3. The van der Waals surface area contributed by atoms with Crippen molar-refractivity contribution in [1.29, 1.82) is 5.41 Å². The Hall–Kier alpha value is -1.75. The van der Waals surface area contributed by atoms with Gasteiger partial charge in [0.1, 0.15) is 11.1 Å². The summed E-state index contributed by atoms with van der Waals surface area (Å²) < 4.78 is 2.61. The molecule has 3 rings (SSSR count). The lowest BCUT2D eigenvalue weighted by Gasteiger charge is -2.05. The minimum Gasteiger partial charge on any atom is -0.286 e. The van der Waals surface area contributed by atoms with Gasteiger partial charge in [0.25, 0.3) is 0 Å². The molecule has 0 atom stereocenters. The highest BCUT2D eigenvalue weighted by Gasteiger charge is 2.04. The first kappa shape index (κ1) is 10.4. The van der Waals surface area contributed by atoms with Gasteiger partial charge in [0.05, 0.1) is 5.39 Å². The largest absolute Gasteiger partial charge is 0.286 e. The summed E-state index contributed by atoms with van der Waals surface area (Å²) in [6.45, 7) is 2.00. The van der Waals surface area contributed by atoms with E-state index in [0.717, 1.165) is 21.1 Å². The molecule has 0 amide bonds. The molecule has 0 saturated carbocycles. The fourth-order valence-electron chi connectivity index (χ4n) is 1.80. The molecular formula is C12H9BrN4. The molecular weight excluding hydrogens is 280 g/mol. The van der Waals surface area contributed by atoms with Crippen LogP contribution < -0.4 is 5.49 Å². The maximum absolute atomic E-state index is 8.16. The van der Waals surface area contributed by atoms with Gasteiger partial charge in [0, 0.05) is 16.9 Å². The van der Waals surface area contributed by atoms with Crippen LogP contribution in [0.15, 0.2) is 35.1 Å². The second-order valence-electron chi connectivity index (χ2n) is 3.92. The second-order valence-corrected chi connectivity index (χ2v) is 4.83. The third-order valence-corrected chi connectivity index (χ3v) is 3.07. The van der Waals surface area contributed by atoms with Crippen molar-refractivity contribution in [2.75, 3.05) is 0 Å². The summed E-state index contributed by atoms with van der Waals surface area (Å²) >= 11 is 3.36. The minimum absolute atomic E-state index is 0.402. The maximum Gasteiger partial charge on any atom is 0.165 e. The summed E-state index contributed by atoms with van der Waals surface area (Å²) in [4.78, 5) is 8.68. The lowest BCUT2D eigenvalue weighted by molar-refractivity contribution is 0.991. The summed E-state index contributed by atoms with van der Waals surface area (Å²) in [6, 6.07) is 5.77. The molecule has 0 unspecified atom stereocenters. The highest BCUT2D eigenvalue weighted by atomic mass is 79.9. The van der Waals surface area contributed by atoms with Crippen LogP contribution in [0, 0.1) is 12.3 Å². The average molecular weight is 289 g/mol. The Labute approximate surface area is 106 Å². The standard InChI is InChI=1S/C12H9BrN4/c1-7-2-3-17-10(4-7)16-12-9(11(17)14)5-8(13)6-15-12/h2-6,14H,1H3. The molecule has 0 aliphatic carbocycles. The normalized spacial score (nSPS) is 11.2. The van der Waals surface area contributed by atoms with Gasteiger partial charge in [-0.25, -0.2) is 9.97 Å². The molecule has 0 aliphatic heterocycles. The molecule has 84 valence electrons. The lowest BCUT2D eigenvalue weighted by Crippen LogP contribution is -2.15. The van der Waals surface area contributed by atoms with Gasteiger partial charge >= 0.3 is 0 Å². The molecule has 3 aromatic rings. The topological polar surface area (TPSA) is 54.0 Å². The van der Waals surface area contributed by atoms with E-state index in [1.54, 1.807) is 10.6 Å². The Morgan fingerprint density at radius 3 is 3.00 bits per heavy atom. The van der Waals surface area contributed by atoms with Gasteiger partial charge in [0.2, 0.25) is 0 Å². The van der Waals surface area contributed by atoms with Crippen molar-refractivity contribution in [1.82, 2.24) is 14.4 Å². The molecule has 0 spiro atoms. The number of nitrogens with zero attached hydrogens (tertiary/aromatic N) is 3. The molecule has 3 aromatic heterocycles. The number of pyridine rings is 2. The van der Waals surface area contributed by atoms with Crippen molar-refractivity contribution in [2.45, 2.75) is 6.92 Å². The number of aryl methyl sites for hydroxylation is 1. The van der Waals surface area contributed by atoms with Gasteiger partial charge in [-0.1, -0.05) is 0 Å². The first-order valence-corrected chi connectivity index (χ1v) is 5.93. The fraction of sp³-hybridized carbons (Fsp3) is 0.0833. The third-order valence-electron chi connectivity index (χ3n) is 2.64. The van der Waals surface area contributed by atoms with Crippen molar-refractivity contribution < 1.29 is 0 Å².